The number of hydrogen-bond acceptors (Lipinski definition) is 9. The zero-order valence-electron chi connectivity index (χ0n) is 26.5. The molecule has 2 fully saturated rings. The number of ether oxygens (including phenoxy) is 3. The number of fused-ring (bicyclic) bond motifs is 1. The molecule has 2 aliphatic rings. The maximum Gasteiger partial charge on any atom is 0.409 e. The van der Waals surface area contributed by atoms with E-state index in [2.05, 4.69) is 10.4 Å². The van der Waals surface area contributed by atoms with Gasteiger partial charge in [-0.1, -0.05) is 36.4 Å². The van der Waals surface area contributed by atoms with Crippen molar-refractivity contribution in [2.45, 2.75) is 57.6 Å². The molecule has 1 aromatic heterocycles. The molecule has 0 radical (unpaired) electrons. The van der Waals surface area contributed by atoms with Gasteiger partial charge in [0, 0.05) is 44.1 Å². The number of hydrogen-bond donors (Lipinski definition) is 2. The SMILES string of the molecule is CCOC(=O)N1CCN(C(=O)[C@H](CCC(=O)O)NC(=O)c2cc(OC3(C(=O)OCC)CCC3)n(-c3cccc4ccccc34)n2)CC1. The normalized spacial score (nSPS) is 16.1. The number of nitrogens with zero attached hydrogens (tertiary/aromatic N) is 4. The van der Waals surface area contributed by atoms with Gasteiger partial charge in [-0.25, -0.2) is 9.59 Å². The second-order valence-corrected chi connectivity index (χ2v) is 11.4. The van der Waals surface area contributed by atoms with Crippen LogP contribution in [0.2, 0.25) is 0 Å². The van der Waals surface area contributed by atoms with Crippen molar-refractivity contribution in [3.63, 3.8) is 0 Å². The van der Waals surface area contributed by atoms with E-state index in [1.807, 2.05) is 42.5 Å². The predicted molar refractivity (Wildman–Crippen MR) is 168 cm³/mol. The number of carbonyl (C=O) groups is 5. The van der Waals surface area contributed by atoms with Crippen molar-refractivity contribution in [3.05, 3.63) is 54.2 Å². The number of esters is 1. The number of carbonyl (C=O) groups excluding carboxylic acids is 4. The van der Waals surface area contributed by atoms with Gasteiger partial charge in [-0.2, -0.15) is 9.78 Å². The van der Waals surface area contributed by atoms with E-state index in [4.69, 9.17) is 14.2 Å². The molecule has 1 aliphatic heterocycles. The van der Waals surface area contributed by atoms with Crippen molar-refractivity contribution < 1.29 is 43.3 Å². The molecule has 14 nitrogen and oxygen atoms in total. The van der Waals surface area contributed by atoms with Crippen LogP contribution >= 0.6 is 0 Å². The number of amides is 3. The van der Waals surface area contributed by atoms with Crippen molar-refractivity contribution in [1.82, 2.24) is 24.9 Å². The molecule has 47 heavy (non-hydrogen) atoms. The summed E-state index contributed by atoms with van der Waals surface area (Å²) in [4.78, 5) is 66.8. The van der Waals surface area contributed by atoms with Crippen LogP contribution in [-0.2, 0) is 23.9 Å². The van der Waals surface area contributed by atoms with Crippen LogP contribution in [0.3, 0.4) is 0 Å². The fourth-order valence-corrected chi connectivity index (χ4v) is 5.72. The molecular weight excluding hydrogens is 610 g/mol. The zero-order valence-corrected chi connectivity index (χ0v) is 26.5. The largest absolute Gasteiger partial charge is 0.481 e. The highest BCUT2D eigenvalue weighted by Gasteiger charge is 2.49. The van der Waals surface area contributed by atoms with Gasteiger partial charge >= 0.3 is 18.0 Å². The topological polar surface area (TPSA) is 170 Å². The van der Waals surface area contributed by atoms with Gasteiger partial charge in [0.1, 0.15) is 6.04 Å². The van der Waals surface area contributed by atoms with E-state index < -0.39 is 41.5 Å². The summed E-state index contributed by atoms with van der Waals surface area (Å²) in [6.45, 7) is 4.71. The Balaban J connectivity index is 1.43. The number of rotatable bonds is 12. The van der Waals surface area contributed by atoms with Crippen LogP contribution in [-0.4, -0.2) is 106 Å². The molecular formula is C33H39N5O9. The van der Waals surface area contributed by atoms with E-state index in [1.165, 1.54) is 20.5 Å². The second kappa shape index (κ2) is 14.5. The number of piperazine rings is 1. The Kier molecular flexibility index (Phi) is 10.3. The van der Waals surface area contributed by atoms with E-state index in [0.29, 0.717) is 18.5 Å². The summed E-state index contributed by atoms with van der Waals surface area (Å²) in [5.41, 5.74) is -0.711. The molecule has 5 rings (SSSR count). The highest BCUT2D eigenvalue weighted by molar-refractivity contribution is 5.97. The van der Waals surface area contributed by atoms with Gasteiger partial charge in [-0.05, 0) is 51.0 Å². The number of benzene rings is 2. The molecule has 1 saturated carbocycles. The molecule has 250 valence electrons. The van der Waals surface area contributed by atoms with E-state index in [0.717, 1.165) is 17.2 Å². The van der Waals surface area contributed by atoms with Gasteiger partial charge < -0.3 is 34.4 Å². The monoisotopic (exact) mass is 649 g/mol. The number of carboxylic acids is 1. The van der Waals surface area contributed by atoms with Crippen molar-refractivity contribution >= 4 is 40.6 Å². The molecule has 14 heteroatoms. The Bertz CT molecular complexity index is 1640. The minimum absolute atomic E-state index is 0.0912. The summed E-state index contributed by atoms with van der Waals surface area (Å²) in [5.74, 6) is -2.66. The Labute approximate surface area is 271 Å². The van der Waals surface area contributed by atoms with Crippen molar-refractivity contribution in [1.29, 1.82) is 0 Å². The maximum absolute atomic E-state index is 13.7. The lowest BCUT2D eigenvalue weighted by Gasteiger charge is -2.38. The molecule has 3 amide bonds. The summed E-state index contributed by atoms with van der Waals surface area (Å²) >= 11 is 0. The van der Waals surface area contributed by atoms with Gasteiger partial charge in [0.2, 0.25) is 17.4 Å². The molecule has 1 aliphatic carbocycles. The zero-order chi connectivity index (χ0) is 33.6. The summed E-state index contributed by atoms with van der Waals surface area (Å²) < 4.78 is 18.2. The van der Waals surface area contributed by atoms with Crippen LogP contribution in [0.25, 0.3) is 16.5 Å². The molecule has 0 bridgehead atoms. The first-order valence-electron chi connectivity index (χ1n) is 15.8. The highest BCUT2D eigenvalue weighted by atomic mass is 16.6. The Morgan fingerprint density at radius 2 is 1.62 bits per heavy atom. The highest BCUT2D eigenvalue weighted by Crippen LogP contribution is 2.39. The average Bonchev–Trinajstić information content (AvgIpc) is 3.47. The minimum atomic E-state index is -1.22. The van der Waals surface area contributed by atoms with Gasteiger partial charge in [0.15, 0.2) is 5.69 Å². The van der Waals surface area contributed by atoms with Crippen LogP contribution in [0.15, 0.2) is 48.5 Å². The third kappa shape index (κ3) is 7.31. The average molecular weight is 650 g/mol. The fraction of sp³-hybridized carbons (Fsp3) is 0.455. The molecule has 2 heterocycles. The Hall–Kier alpha value is -5.14. The lowest BCUT2D eigenvalue weighted by molar-refractivity contribution is -0.170. The summed E-state index contributed by atoms with van der Waals surface area (Å²) in [5, 5.41) is 18.4. The van der Waals surface area contributed by atoms with Crippen molar-refractivity contribution in [2.24, 2.45) is 0 Å². The van der Waals surface area contributed by atoms with Gasteiger partial charge in [-0.15, -0.1) is 0 Å². The Morgan fingerprint density at radius 1 is 0.936 bits per heavy atom. The summed E-state index contributed by atoms with van der Waals surface area (Å²) in [7, 11) is 0. The third-order valence-electron chi connectivity index (χ3n) is 8.38. The smallest absolute Gasteiger partial charge is 0.409 e. The van der Waals surface area contributed by atoms with E-state index >= 15 is 0 Å². The fourth-order valence-electron chi connectivity index (χ4n) is 5.72. The molecule has 0 unspecified atom stereocenters. The van der Waals surface area contributed by atoms with Crippen LogP contribution in [0, 0.1) is 0 Å². The van der Waals surface area contributed by atoms with E-state index in [-0.39, 0.29) is 63.8 Å². The van der Waals surface area contributed by atoms with Gasteiger partial charge in [-0.3, -0.25) is 14.4 Å². The van der Waals surface area contributed by atoms with Crippen LogP contribution in [0.4, 0.5) is 4.79 Å². The first kappa shape index (κ1) is 33.2. The predicted octanol–water partition coefficient (Wildman–Crippen LogP) is 3.15. The summed E-state index contributed by atoms with van der Waals surface area (Å²) in [6.07, 6.45) is 0.641. The third-order valence-corrected chi connectivity index (χ3v) is 8.38. The van der Waals surface area contributed by atoms with Crippen molar-refractivity contribution in [2.75, 3.05) is 39.4 Å². The number of aromatic nitrogens is 2. The molecule has 0 spiro atoms. The maximum atomic E-state index is 13.7. The van der Waals surface area contributed by atoms with Gasteiger partial charge in [0.25, 0.3) is 5.91 Å². The van der Waals surface area contributed by atoms with Crippen molar-refractivity contribution in [3.8, 4) is 11.6 Å². The Morgan fingerprint density at radius 3 is 2.28 bits per heavy atom. The molecule has 1 atom stereocenters. The lowest BCUT2D eigenvalue weighted by Crippen LogP contribution is -2.56. The molecule has 1 saturated heterocycles. The first-order valence-corrected chi connectivity index (χ1v) is 15.8. The van der Waals surface area contributed by atoms with Crippen LogP contribution < -0.4 is 10.1 Å². The van der Waals surface area contributed by atoms with E-state index in [9.17, 15) is 29.1 Å². The van der Waals surface area contributed by atoms with Crippen LogP contribution in [0.1, 0.15) is 56.4 Å². The summed E-state index contributed by atoms with van der Waals surface area (Å²) in [6, 6.07) is 13.5. The molecule has 2 N–H and O–H groups in total. The number of carboxylic acid groups (broad SMARTS) is 1. The minimum Gasteiger partial charge on any atom is -0.481 e. The lowest BCUT2D eigenvalue weighted by atomic mass is 9.80. The van der Waals surface area contributed by atoms with Crippen LogP contribution in [0.5, 0.6) is 5.88 Å². The quantitative estimate of drug-likeness (QED) is 0.278. The van der Waals surface area contributed by atoms with E-state index in [1.54, 1.807) is 13.8 Å². The number of nitrogens with one attached hydrogen (secondary N) is 1. The first-order chi connectivity index (χ1) is 22.7. The second-order valence-electron chi connectivity index (χ2n) is 11.4. The van der Waals surface area contributed by atoms with Gasteiger partial charge in [0.05, 0.1) is 18.9 Å². The number of aliphatic carboxylic acids is 1. The molecule has 2 aromatic carbocycles. The standard InChI is InChI=1S/C33H39N5O9/c1-3-45-31(43)33(15-8-16-33)47-27-21-25(35-38(27)26-12-7-10-22-9-5-6-11-23(22)26)29(41)34-24(13-14-28(39)40)30(42)36-17-19-37(20-18-36)32(44)46-4-2/h5-7,9-12,21,24H,3-4,8,13-20H2,1-2H3,(H,34,41)(H,39,40)/t24-/m0/s1. The molecule has 3 aromatic rings.